The van der Waals surface area contributed by atoms with Crippen LogP contribution < -0.4 is 15.4 Å². The van der Waals surface area contributed by atoms with E-state index >= 15 is 0 Å². The van der Waals surface area contributed by atoms with E-state index in [9.17, 15) is 13.2 Å². The van der Waals surface area contributed by atoms with Gasteiger partial charge in [0.05, 0.1) is 4.90 Å². The summed E-state index contributed by atoms with van der Waals surface area (Å²) in [5, 5.41) is 5.80. The number of carbonyl (C=O) groups is 1. The zero-order valence-corrected chi connectivity index (χ0v) is 13.0. The predicted octanol–water partition coefficient (Wildman–Crippen LogP) is 0.921. The second-order valence-electron chi connectivity index (χ2n) is 5.40. The lowest BCUT2D eigenvalue weighted by Gasteiger charge is -2.29. The molecule has 1 amide bonds. The predicted molar refractivity (Wildman–Crippen MR) is 81.5 cm³/mol. The number of amides is 1. The third kappa shape index (κ3) is 4.26. The lowest BCUT2D eigenvalue weighted by Crippen LogP contribution is -2.50. The highest BCUT2D eigenvalue weighted by Crippen LogP contribution is 2.17. The molecule has 21 heavy (non-hydrogen) atoms. The van der Waals surface area contributed by atoms with Gasteiger partial charge in [-0.2, -0.15) is 0 Å². The third-order valence-corrected chi connectivity index (χ3v) is 5.12. The molecule has 0 radical (unpaired) electrons. The molecule has 1 aliphatic rings. The average molecular weight is 311 g/mol. The summed E-state index contributed by atoms with van der Waals surface area (Å²) in [6, 6.07) is 6.05. The van der Waals surface area contributed by atoms with E-state index < -0.39 is 10.0 Å². The number of benzene rings is 1. The molecule has 116 valence electrons. The molecule has 1 saturated heterocycles. The normalized spacial score (nSPS) is 22.8. The molecule has 2 unspecified atom stereocenters. The first-order valence-corrected chi connectivity index (χ1v) is 8.47. The van der Waals surface area contributed by atoms with Gasteiger partial charge in [0.15, 0.2) is 0 Å². The lowest BCUT2D eigenvalue weighted by atomic mass is 9.96. The van der Waals surface area contributed by atoms with Gasteiger partial charge in [0.1, 0.15) is 0 Å². The summed E-state index contributed by atoms with van der Waals surface area (Å²) in [5.41, 5.74) is 0.578. The number of nitrogens with one attached hydrogen (secondary N) is 3. The fourth-order valence-corrected chi connectivity index (χ4v) is 3.68. The van der Waals surface area contributed by atoms with E-state index in [0.717, 1.165) is 13.0 Å². The van der Waals surface area contributed by atoms with Gasteiger partial charge in [-0.3, -0.25) is 4.79 Å². The molecule has 3 N–H and O–H groups in total. The van der Waals surface area contributed by atoms with Gasteiger partial charge in [0.25, 0.3) is 0 Å². The Morgan fingerprint density at radius 3 is 2.52 bits per heavy atom. The molecule has 2 rings (SSSR count). The number of rotatable bonds is 4. The van der Waals surface area contributed by atoms with Crippen molar-refractivity contribution in [1.82, 2.24) is 10.0 Å². The minimum absolute atomic E-state index is 0.0984. The van der Waals surface area contributed by atoms with Gasteiger partial charge < -0.3 is 10.6 Å². The van der Waals surface area contributed by atoms with E-state index in [1.54, 1.807) is 12.1 Å². The van der Waals surface area contributed by atoms with Gasteiger partial charge in [0, 0.05) is 25.2 Å². The van der Waals surface area contributed by atoms with Crippen LogP contribution in [-0.2, 0) is 14.8 Å². The molecule has 1 aromatic carbocycles. The zero-order valence-electron chi connectivity index (χ0n) is 12.2. The monoisotopic (exact) mass is 311 g/mol. The fourth-order valence-electron chi connectivity index (χ4n) is 2.34. The number of anilines is 1. The Bertz CT molecular complexity index is 598. The number of sulfonamides is 1. The van der Waals surface area contributed by atoms with Crippen LogP contribution in [0.5, 0.6) is 0 Å². The molecule has 2 atom stereocenters. The van der Waals surface area contributed by atoms with Crippen LogP contribution in [0.3, 0.4) is 0 Å². The number of piperidine rings is 1. The fraction of sp³-hybridized carbons (Fsp3) is 0.500. The second-order valence-corrected chi connectivity index (χ2v) is 7.12. The van der Waals surface area contributed by atoms with E-state index in [1.165, 1.54) is 19.1 Å². The van der Waals surface area contributed by atoms with Gasteiger partial charge in [-0.25, -0.2) is 13.1 Å². The Morgan fingerprint density at radius 2 is 1.95 bits per heavy atom. The maximum Gasteiger partial charge on any atom is 0.240 e. The van der Waals surface area contributed by atoms with Gasteiger partial charge >= 0.3 is 0 Å². The zero-order chi connectivity index (χ0) is 15.5. The highest BCUT2D eigenvalue weighted by atomic mass is 32.2. The van der Waals surface area contributed by atoms with E-state index in [2.05, 4.69) is 15.4 Å². The molecular weight excluding hydrogens is 290 g/mol. The molecule has 1 aromatic rings. The summed E-state index contributed by atoms with van der Waals surface area (Å²) in [6.07, 6.45) is 0.953. The quantitative estimate of drug-likeness (QED) is 0.772. The average Bonchev–Trinajstić information content (AvgIpc) is 2.41. The molecular formula is C14H21N3O3S. The molecule has 0 aliphatic carbocycles. The SMILES string of the molecule is CC(=O)Nc1ccc(S(=O)(=O)NC2CNCCC2C)cc1. The lowest BCUT2D eigenvalue weighted by molar-refractivity contribution is -0.114. The summed E-state index contributed by atoms with van der Waals surface area (Å²) in [7, 11) is -3.54. The van der Waals surface area contributed by atoms with E-state index in [0.29, 0.717) is 18.2 Å². The second kappa shape index (κ2) is 6.55. The van der Waals surface area contributed by atoms with Crippen LogP contribution in [0.25, 0.3) is 0 Å². The van der Waals surface area contributed by atoms with Gasteiger partial charge in [-0.1, -0.05) is 6.92 Å². The van der Waals surface area contributed by atoms with Crippen molar-refractivity contribution < 1.29 is 13.2 Å². The van der Waals surface area contributed by atoms with Crippen molar-refractivity contribution in [3.8, 4) is 0 Å². The van der Waals surface area contributed by atoms with Crippen LogP contribution >= 0.6 is 0 Å². The minimum atomic E-state index is -3.54. The van der Waals surface area contributed by atoms with Crippen LogP contribution in [0.1, 0.15) is 20.3 Å². The van der Waals surface area contributed by atoms with Gasteiger partial charge in [-0.05, 0) is 43.1 Å². The van der Waals surface area contributed by atoms with Gasteiger partial charge in [-0.15, -0.1) is 0 Å². The molecule has 0 bridgehead atoms. The van der Waals surface area contributed by atoms with Crippen molar-refractivity contribution in [2.45, 2.75) is 31.2 Å². The van der Waals surface area contributed by atoms with Crippen LogP contribution in [0, 0.1) is 5.92 Å². The summed E-state index contributed by atoms with van der Waals surface area (Å²) >= 11 is 0. The maximum atomic E-state index is 12.4. The Morgan fingerprint density at radius 1 is 1.29 bits per heavy atom. The molecule has 0 saturated carbocycles. The van der Waals surface area contributed by atoms with Crippen molar-refractivity contribution in [3.05, 3.63) is 24.3 Å². The highest BCUT2D eigenvalue weighted by molar-refractivity contribution is 7.89. The van der Waals surface area contributed by atoms with Crippen molar-refractivity contribution in [3.63, 3.8) is 0 Å². The smallest absolute Gasteiger partial charge is 0.240 e. The molecule has 0 spiro atoms. The van der Waals surface area contributed by atoms with Crippen LogP contribution in [-0.4, -0.2) is 33.5 Å². The number of carbonyl (C=O) groups excluding carboxylic acids is 1. The van der Waals surface area contributed by atoms with Gasteiger partial charge in [0.2, 0.25) is 15.9 Å². The van der Waals surface area contributed by atoms with Crippen LogP contribution in [0.4, 0.5) is 5.69 Å². The van der Waals surface area contributed by atoms with E-state index in [1.807, 2.05) is 6.92 Å². The Labute approximate surface area is 125 Å². The Kier molecular flexibility index (Phi) is 4.97. The van der Waals surface area contributed by atoms with Crippen LogP contribution in [0.15, 0.2) is 29.2 Å². The van der Waals surface area contributed by atoms with Crippen molar-refractivity contribution >= 4 is 21.6 Å². The largest absolute Gasteiger partial charge is 0.326 e. The summed E-state index contributed by atoms with van der Waals surface area (Å²) in [6.45, 7) is 5.02. The van der Waals surface area contributed by atoms with E-state index in [-0.39, 0.29) is 16.8 Å². The topological polar surface area (TPSA) is 87.3 Å². The van der Waals surface area contributed by atoms with E-state index in [4.69, 9.17) is 0 Å². The van der Waals surface area contributed by atoms with Crippen molar-refractivity contribution in [1.29, 1.82) is 0 Å². The first-order valence-electron chi connectivity index (χ1n) is 6.99. The summed E-state index contributed by atoms with van der Waals surface area (Å²) < 4.78 is 27.5. The van der Waals surface area contributed by atoms with Crippen molar-refractivity contribution in [2.75, 3.05) is 18.4 Å². The maximum absolute atomic E-state index is 12.4. The summed E-state index contributed by atoms with van der Waals surface area (Å²) in [4.78, 5) is 11.1. The Hall–Kier alpha value is -1.44. The van der Waals surface area contributed by atoms with Crippen LogP contribution in [0.2, 0.25) is 0 Å². The number of hydrogen-bond donors (Lipinski definition) is 3. The number of hydrogen-bond acceptors (Lipinski definition) is 4. The molecule has 1 aliphatic heterocycles. The van der Waals surface area contributed by atoms with Crippen molar-refractivity contribution in [2.24, 2.45) is 5.92 Å². The molecule has 6 nitrogen and oxygen atoms in total. The first-order chi connectivity index (χ1) is 9.88. The molecule has 1 fully saturated rings. The standard InChI is InChI=1S/C14H21N3O3S/c1-10-7-8-15-9-14(10)17-21(19,20)13-5-3-12(4-6-13)16-11(2)18/h3-6,10,14-15,17H,7-9H2,1-2H3,(H,16,18). The molecule has 7 heteroatoms. The third-order valence-electron chi connectivity index (χ3n) is 3.62. The minimum Gasteiger partial charge on any atom is -0.326 e. The highest BCUT2D eigenvalue weighted by Gasteiger charge is 2.26. The molecule has 0 aromatic heterocycles. The molecule has 1 heterocycles. The Balaban J connectivity index is 2.10. The summed E-state index contributed by atoms with van der Waals surface area (Å²) in [5.74, 6) is 0.116. The first kappa shape index (κ1) is 15.9.